The van der Waals surface area contributed by atoms with Gasteiger partial charge in [-0.2, -0.15) is 0 Å². The van der Waals surface area contributed by atoms with Gasteiger partial charge in [-0.05, 0) is 25.6 Å². The van der Waals surface area contributed by atoms with Crippen LogP contribution < -0.4 is 10.1 Å². The van der Waals surface area contributed by atoms with Gasteiger partial charge in [0.05, 0.1) is 6.54 Å². The number of benzene rings is 1. The van der Waals surface area contributed by atoms with Crippen LogP contribution in [0.15, 0.2) is 30.3 Å². The molecule has 0 saturated carbocycles. The van der Waals surface area contributed by atoms with E-state index in [2.05, 4.69) is 5.32 Å². The molecule has 0 aliphatic rings. The van der Waals surface area contributed by atoms with E-state index in [1.807, 2.05) is 51.2 Å². The van der Waals surface area contributed by atoms with Gasteiger partial charge in [0.1, 0.15) is 12.4 Å². The summed E-state index contributed by atoms with van der Waals surface area (Å²) in [7, 11) is 1.81. The maximum Gasteiger partial charge on any atom is 0.223 e. The van der Waals surface area contributed by atoms with Gasteiger partial charge < -0.3 is 15.0 Å². The van der Waals surface area contributed by atoms with Crippen LogP contribution in [0.5, 0.6) is 5.75 Å². The van der Waals surface area contributed by atoms with E-state index in [9.17, 15) is 4.79 Å². The fourth-order valence-electron chi connectivity index (χ4n) is 1.78. The monoisotopic (exact) mass is 264 g/mol. The van der Waals surface area contributed by atoms with E-state index < -0.39 is 0 Å². The van der Waals surface area contributed by atoms with Gasteiger partial charge in [-0.25, -0.2) is 0 Å². The molecule has 1 rings (SSSR count). The number of nitrogens with one attached hydrogen (secondary N) is 1. The lowest BCUT2D eigenvalue weighted by Crippen LogP contribution is -2.36. The molecular formula is C15H24N2O2. The number of rotatable bonds is 8. The van der Waals surface area contributed by atoms with Crippen molar-refractivity contribution in [2.75, 3.05) is 26.7 Å². The molecule has 0 bridgehead atoms. The average Bonchev–Trinajstić information content (AvgIpc) is 2.40. The normalized spacial score (nSPS) is 11.9. The number of carbonyl (C=O) groups excluding carboxylic acids is 1. The Bertz CT molecular complexity index is 368. The number of para-hydroxylation sites is 1. The second-order valence-corrected chi connectivity index (χ2v) is 4.64. The number of likely N-dealkylation sites (N-methyl/N-ethyl adjacent to an activating group) is 1. The first kappa shape index (κ1) is 15.5. The third-order valence-electron chi connectivity index (χ3n) is 2.90. The van der Waals surface area contributed by atoms with Gasteiger partial charge in [0.25, 0.3) is 0 Å². The van der Waals surface area contributed by atoms with E-state index in [1.54, 1.807) is 4.90 Å². The molecule has 0 aliphatic carbocycles. The Hall–Kier alpha value is -1.55. The van der Waals surface area contributed by atoms with E-state index in [1.165, 1.54) is 0 Å². The Morgan fingerprint density at radius 2 is 2.05 bits per heavy atom. The van der Waals surface area contributed by atoms with E-state index in [-0.39, 0.29) is 11.9 Å². The van der Waals surface area contributed by atoms with Gasteiger partial charge in [0.2, 0.25) is 5.91 Å². The topological polar surface area (TPSA) is 41.6 Å². The van der Waals surface area contributed by atoms with Crippen molar-refractivity contribution in [2.24, 2.45) is 0 Å². The summed E-state index contributed by atoms with van der Waals surface area (Å²) in [6.45, 7) is 6.07. The molecule has 0 radical (unpaired) electrons. The molecule has 106 valence electrons. The van der Waals surface area contributed by atoms with Gasteiger partial charge >= 0.3 is 0 Å². The number of amides is 1. The Labute approximate surface area is 115 Å². The molecule has 1 amide bonds. The van der Waals surface area contributed by atoms with Gasteiger partial charge in [0.15, 0.2) is 0 Å². The summed E-state index contributed by atoms with van der Waals surface area (Å²) in [6.07, 6.45) is 0.523. The lowest BCUT2D eigenvalue weighted by molar-refractivity contribution is -0.130. The summed E-state index contributed by atoms with van der Waals surface area (Å²) in [5.41, 5.74) is 0. The van der Waals surface area contributed by atoms with Crippen LogP contribution in [0.4, 0.5) is 0 Å². The van der Waals surface area contributed by atoms with Crippen LogP contribution in [-0.2, 0) is 4.79 Å². The van der Waals surface area contributed by atoms with E-state index in [0.717, 1.165) is 12.3 Å². The molecule has 0 aliphatic heterocycles. The van der Waals surface area contributed by atoms with Gasteiger partial charge in [-0.3, -0.25) is 4.79 Å². The molecule has 1 aromatic carbocycles. The van der Waals surface area contributed by atoms with Crippen LogP contribution >= 0.6 is 0 Å². The second kappa shape index (κ2) is 8.53. The standard InChI is InChI=1S/C15H24N2O2/c1-4-16-13(2)12-15(18)17(3)10-11-19-14-8-6-5-7-9-14/h5-9,13,16H,4,10-12H2,1-3H3. The zero-order chi connectivity index (χ0) is 14.1. The molecule has 0 aromatic heterocycles. The molecule has 19 heavy (non-hydrogen) atoms. The van der Waals surface area contributed by atoms with Crippen LogP contribution in [0.25, 0.3) is 0 Å². The quantitative estimate of drug-likeness (QED) is 0.780. The summed E-state index contributed by atoms with van der Waals surface area (Å²) < 4.78 is 5.57. The highest BCUT2D eigenvalue weighted by Gasteiger charge is 2.12. The average molecular weight is 264 g/mol. The molecular weight excluding hydrogens is 240 g/mol. The Kier molecular flexibility index (Phi) is 6.97. The Morgan fingerprint density at radius 1 is 1.37 bits per heavy atom. The third kappa shape index (κ3) is 6.25. The van der Waals surface area contributed by atoms with Crippen molar-refractivity contribution in [3.05, 3.63) is 30.3 Å². The van der Waals surface area contributed by atoms with Gasteiger partial charge in [-0.15, -0.1) is 0 Å². The Balaban J connectivity index is 2.23. The number of carbonyl (C=O) groups is 1. The van der Waals surface area contributed by atoms with Crippen molar-refractivity contribution in [3.8, 4) is 5.75 Å². The smallest absolute Gasteiger partial charge is 0.223 e. The summed E-state index contributed by atoms with van der Waals surface area (Å²) in [4.78, 5) is 13.6. The van der Waals surface area contributed by atoms with Crippen molar-refractivity contribution in [2.45, 2.75) is 26.3 Å². The molecule has 0 saturated heterocycles. The second-order valence-electron chi connectivity index (χ2n) is 4.64. The maximum absolute atomic E-state index is 11.9. The minimum atomic E-state index is 0.144. The SMILES string of the molecule is CCNC(C)CC(=O)N(C)CCOc1ccccc1. The molecule has 0 heterocycles. The molecule has 4 nitrogen and oxygen atoms in total. The fraction of sp³-hybridized carbons (Fsp3) is 0.533. The summed E-state index contributed by atoms with van der Waals surface area (Å²) in [5, 5.41) is 3.23. The maximum atomic E-state index is 11.9. The first-order chi connectivity index (χ1) is 9.13. The van der Waals surface area contributed by atoms with Crippen molar-refractivity contribution in [3.63, 3.8) is 0 Å². The van der Waals surface area contributed by atoms with Crippen LogP contribution in [0.3, 0.4) is 0 Å². The van der Waals surface area contributed by atoms with Crippen LogP contribution in [0, 0.1) is 0 Å². The van der Waals surface area contributed by atoms with E-state index in [0.29, 0.717) is 19.6 Å². The highest BCUT2D eigenvalue weighted by atomic mass is 16.5. The van der Waals surface area contributed by atoms with E-state index in [4.69, 9.17) is 4.74 Å². The first-order valence-electron chi connectivity index (χ1n) is 6.78. The molecule has 1 aromatic rings. The Morgan fingerprint density at radius 3 is 2.68 bits per heavy atom. The minimum absolute atomic E-state index is 0.144. The van der Waals surface area contributed by atoms with Crippen LogP contribution in [0.2, 0.25) is 0 Å². The molecule has 0 spiro atoms. The van der Waals surface area contributed by atoms with Crippen LogP contribution in [-0.4, -0.2) is 43.6 Å². The predicted octanol–water partition coefficient (Wildman–Crippen LogP) is 1.91. The number of ether oxygens (including phenoxy) is 1. The predicted molar refractivity (Wildman–Crippen MR) is 77.3 cm³/mol. The van der Waals surface area contributed by atoms with Gasteiger partial charge in [0, 0.05) is 19.5 Å². The summed E-state index contributed by atoms with van der Waals surface area (Å²) in [6, 6.07) is 9.86. The molecule has 1 unspecified atom stereocenters. The zero-order valence-corrected chi connectivity index (χ0v) is 12.1. The molecule has 0 fully saturated rings. The molecule has 4 heteroatoms. The van der Waals surface area contributed by atoms with E-state index >= 15 is 0 Å². The molecule has 1 atom stereocenters. The zero-order valence-electron chi connectivity index (χ0n) is 12.1. The largest absolute Gasteiger partial charge is 0.492 e. The number of nitrogens with zero attached hydrogens (tertiary/aromatic N) is 1. The van der Waals surface area contributed by atoms with Crippen LogP contribution in [0.1, 0.15) is 20.3 Å². The fourth-order valence-corrected chi connectivity index (χ4v) is 1.78. The van der Waals surface area contributed by atoms with Crippen molar-refractivity contribution in [1.82, 2.24) is 10.2 Å². The lowest BCUT2D eigenvalue weighted by Gasteiger charge is -2.20. The third-order valence-corrected chi connectivity index (χ3v) is 2.90. The summed E-state index contributed by atoms with van der Waals surface area (Å²) >= 11 is 0. The van der Waals surface area contributed by atoms with Crippen molar-refractivity contribution < 1.29 is 9.53 Å². The van der Waals surface area contributed by atoms with Crippen molar-refractivity contribution >= 4 is 5.91 Å². The number of hydrogen-bond donors (Lipinski definition) is 1. The lowest BCUT2D eigenvalue weighted by atomic mass is 10.2. The highest BCUT2D eigenvalue weighted by molar-refractivity contribution is 5.76. The highest BCUT2D eigenvalue weighted by Crippen LogP contribution is 2.08. The van der Waals surface area contributed by atoms with Gasteiger partial charge in [-0.1, -0.05) is 25.1 Å². The minimum Gasteiger partial charge on any atom is -0.492 e. The number of hydrogen-bond acceptors (Lipinski definition) is 3. The van der Waals surface area contributed by atoms with Crippen molar-refractivity contribution in [1.29, 1.82) is 0 Å². The first-order valence-corrected chi connectivity index (χ1v) is 6.78. The molecule has 1 N–H and O–H groups in total. The summed E-state index contributed by atoms with van der Waals surface area (Å²) in [5.74, 6) is 0.981.